The average molecular weight is 455 g/mol. The van der Waals surface area contributed by atoms with Gasteiger partial charge in [-0.2, -0.15) is 0 Å². The first-order valence-corrected chi connectivity index (χ1v) is 11.6. The van der Waals surface area contributed by atoms with E-state index in [1.165, 1.54) is 17.5 Å². The largest absolute Gasteiger partial charge is 0.497 e. The van der Waals surface area contributed by atoms with Crippen LogP contribution in [0.5, 0.6) is 11.5 Å². The molecule has 2 aromatic rings. The van der Waals surface area contributed by atoms with E-state index in [1.807, 2.05) is 31.2 Å². The molecular weight excluding hydrogens is 428 g/mol. The Balaban J connectivity index is 1.96. The van der Waals surface area contributed by atoms with Crippen LogP contribution in [-0.4, -0.2) is 41.3 Å². The highest BCUT2D eigenvalue weighted by Crippen LogP contribution is 2.30. The highest BCUT2D eigenvalue weighted by atomic mass is 35.5. The molecule has 0 saturated heterocycles. The molecule has 164 valence electrons. The topological polar surface area (TPSA) is 84.9 Å². The van der Waals surface area contributed by atoms with E-state index in [0.29, 0.717) is 22.9 Å². The molecule has 0 aromatic heterocycles. The van der Waals surface area contributed by atoms with Gasteiger partial charge < -0.3 is 14.8 Å². The van der Waals surface area contributed by atoms with Crippen molar-refractivity contribution in [3.05, 3.63) is 53.1 Å². The lowest BCUT2D eigenvalue weighted by Crippen LogP contribution is -2.32. The molecule has 1 amide bonds. The van der Waals surface area contributed by atoms with E-state index in [4.69, 9.17) is 21.1 Å². The van der Waals surface area contributed by atoms with Crippen LogP contribution >= 0.6 is 11.6 Å². The summed E-state index contributed by atoms with van der Waals surface area (Å²) in [4.78, 5) is 12.3. The maximum Gasteiger partial charge on any atom is 0.232 e. The lowest BCUT2D eigenvalue weighted by molar-refractivity contribution is -0.121. The Kier molecular flexibility index (Phi) is 8.37. The van der Waals surface area contributed by atoms with Gasteiger partial charge in [0, 0.05) is 13.0 Å². The number of amides is 1. The summed E-state index contributed by atoms with van der Waals surface area (Å²) < 4.78 is 35.9. The number of anilines is 1. The van der Waals surface area contributed by atoms with Gasteiger partial charge in [-0.05, 0) is 49.2 Å². The molecule has 1 atom stereocenters. The zero-order chi connectivity index (χ0) is 22.3. The molecule has 0 saturated carbocycles. The van der Waals surface area contributed by atoms with E-state index in [0.717, 1.165) is 17.6 Å². The van der Waals surface area contributed by atoms with E-state index in [1.54, 1.807) is 19.2 Å². The van der Waals surface area contributed by atoms with Crippen molar-refractivity contribution >= 4 is 33.2 Å². The average Bonchev–Trinajstić information content (AvgIpc) is 2.70. The minimum Gasteiger partial charge on any atom is -0.497 e. The highest BCUT2D eigenvalue weighted by molar-refractivity contribution is 7.92. The first kappa shape index (κ1) is 23.8. The van der Waals surface area contributed by atoms with Crippen molar-refractivity contribution in [2.24, 2.45) is 0 Å². The summed E-state index contributed by atoms with van der Waals surface area (Å²) in [6.45, 7) is 2.05. The summed E-state index contributed by atoms with van der Waals surface area (Å²) >= 11 is 6.12. The molecule has 7 nitrogen and oxygen atoms in total. The summed E-state index contributed by atoms with van der Waals surface area (Å²) in [6.07, 6.45) is 1.67. The summed E-state index contributed by atoms with van der Waals surface area (Å²) in [6, 6.07) is 12.0. The van der Waals surface area contributed by atoms with E-state index >= 15 is 0 Å². The number of hydrogen-bond donors (Lipinski definition) is 1. The molecule has 0 unspecified atom stereocenters. The number of halogens is 1. The molecular formula is C21H27ClN2O5S. The number of rotatable bonds is 10. The second-order valence-electron chi connectivity index (χ2n) is 6.82. The fourth-order valence-corrected chi connectivity index (χ4v) is 4.18. The Morgan fingerprint density at radius 3 is 2.33 bits per heavy atom. The second kappa shape index (κ2) is 10.5. The molecule has 2 rings (SSSR count). The second-order valence-corrected chi connectivity index (χ2v) is 9.13. The minimum atomic E-state index is -3.53. The normalized spacial score (nSPS) is 12.2. The lowest BCUT2D eigenvalue weighted by Gasteiger charge is -2.23. The van der Waals surface area contributed by atoms with Crippen molar-refractivity contribution in [3.8, 4) is 11.5 Å². The van der Waals surface area contributed by atoms with Gasteiger partial charge in [-0.25, -0.2) is 8.42 Å². The van der Waals surface area contributed by atoms with E-state index in [-0.39, 0.29) is 24.9 Å². The summed E-state index contributed by atoms with van der Waals surface area (Å²) in [5.74, 6) is 1.05. The zero-order valence-electron chi connectivity index (χ0n) is 17.5. The fraction of sp³-hybridized carbons (Fsp3) is 0.381. The Labute approximate surface area is 183 Å². The maximum atomic E-state index is 12.3. The zero-order valence-corrected chi connectivity index (χ0v) is 19.1. The number of ether oxygens (including phenoxy) is 2. The predicted octanol–water partition coefficient (Wildman–Crippen LogP) is 3.78. The quantitative estimate of drug-likeness (QED) is 0.590. The predicted molar refractivity (Wildman–Crippen MR) is 119 cm³/mol. The number of benzene rings is 2. The standard InChI is InChI=1S/C21H27ClN2O5S/c1-15(16-7-10-18(28-2)11-8-16)23-21(25)6-5-13-24(30(4,26)27)17-9-12-20(29-3)19(22)14-17/h7-12,14-15H,5-6,13H2,1-4H3,(H,23,25)/t15-/m0/s1. The number of hydrogen-bond acceptors (Lipinski definition) is 5. The van der Waals surface area contributed by atoms with Gasteiger partial charge in [0.15, 0.2) is 0 Å². The number of nitrogens with one attached hydrogen (secondary N) is 1. The van der Waals surface area contributed by atoms with Crippen LogP contribution in [0.25, 0.3) is 0 Å². The minimum absolute atomic E-state index is 0.153. The molecule has 0 fully saturated rings. The summed E-state index contributed by atoms with van der Waals surface area (Å²) in [5.41, 5.74) is 1.38. The van der Waals surface area contributed by atoms with Crippen LogP contribution in [0.2, 0.25) is 5.02 Å². The van der Waals surface area contributed by atoms with Gasteiger partial charge in [-0.1, -0.05) is 23.7 Å². The molecule has 0 aliphatic carbocycles. The number of sulfonamides is 1. The number of carbonyl (C=O) groups excluding carboxylic acids is 1. The first-order chi connectivity index (χ1) is 14.2. The number of carbonyl (C=O) groups is 1. The molecule has 0 bridgehead atoms. The lowest BCUT2D eigenvalue weighted by atomic mass is 10.1. The number of nitrogens with zero attached hydrogens (tertiary/aromatic N) is 1. The van der Waals surface area contributed by atoms with Gasteiger partial charge in [0.25, 0.3) is 0 Å². The Morgan fingerprint density at radius 1 is 1.13 bits per heavy atom. The molecule has 0 radical (unpaired) electrons. The van der Waals surface area contributed by atoms with Crippen molar-refractivity contribution in [2.75, 3.05) is 31.3 Å². The van der Waals surface area contributed by atoms with Crippen molar-refractivity contribution in [3.63, 3.8) is 0 Å². The van der Waals surface area contributed by atoms with Crippen LogP contribution in [0.1, 0.15) is 31.4 Å². The smallest absolute Gasteiger partial charge is 0.232 e. The molecule has 9 heteroatoms. The molecule has 1 N–H and O–H groups in total. The monoisotopic (exact) mass is 454 g/mol. The Bertz CT molecular complexity index is 964. The van der Waals surface area contributed by atoms with Crippen molar-refractivity contribution in [1.29, 1.82) is 0 Å². The highest BCUT2D eigenvalue weighted by Gasteiger charge is 2.19. The van der Waals surface area contributed by atoms with Crippen molar-refractivity contribution in [2.45, 2.75) is 25.8 Å². The summed E-state index contributed by atoms with van der Waals surface area (Å²) in [7, 11) is -0.451. The molecule has 0 aliphatic heterocycles. The third-order valence-corrected chi connectivity index (χ3v) is 6.07. The van der Waals surface area contributed by atoms with Gasteiger partial charge in [0.05, 0.1) is 37.2 Å². The van der Waals surface area contributed by atoms with Gasteiger partial charge in [0.2, 0.25) is 15.9 Å². The van der Waals surface area contributed by atoms with Gasteiger partial charge in [0.1, 0.15) is 11.5 Å². The van der Waals surface area contributed by atoms with Crippen LogP contribution in [0.15, 0.2) is 42.5 Å². The maximum absolute atomic E-state index is 12.3. The van der Waals surface area contributed by atoms with Gasteiger partial charge in [-0.15, -0.1) is 0 Å². The van der Waals surface area contributed by atoms with Crippen LogP contribution in [0.4, 0.5) is 5.69 Å². The van der Waals surface area contributed by atoms with E-state index in [2.05, 4.69) is 5.32 Å². The fourth-order valence-electron chi connectivity index (χ4n) is 2.97. The van der Waals surface area contributed by atoms with Crippen LogP contribution in [-0.2, 0) is 14.8 Å². The third-order valence-electron chi connectivity index (χ3n) is 4.58. The van der Waals surface area contributed by atoms with Gasteiger partial charge in [-0.3, -0.25) is 9.10 Å². The van der Waals surface area contributed by atoms with E-state index < -0.39 is 10.0 Å². The first-order valence-electron chi connectivity index (χ1n) is 9.40. The molecule has 2 aromatic carbocycles. The number of methoxy groups -OCH3 is 2. The van der Waals surface area contributed by atoms with Gasteiger partial charge >= 0.3 is 0 Å². The molecule has 0 heterocycles. The van der Waals surface area contributed by atoms with Crippen molar-refractivity contribution in [1.82, 2.24) is 5.32 Å². The third kappa shape index (κ3) is 6.53. The Morgan fingerprint density at radius 2 is 1.80 bits per heavy atom. The van der Waals surface area contributed by atoms with E-state index in [9.17, 15) is 13.2 Å². The van der Waals surface area contributed by atoms with Crippen LogP contribution in [0.3, 0.4) is 0 Å². The van der Waals surface area contributed by atoms with Crippen LogP contribution < -0.4 is 19.1 Å². The van der Waals surface area contributed by atoms with Crippen molar-refractivity contribution < 1.29 is 22.7 Å². The SMILES string of the molecule is COc1ccc([C@H](C)NC(=O)CCCN(c2ccc(OC)c(Cl)c2)S(C)(=O)=O)cc1. The molecule has 30 heavy (non-hydrogen) atoms. The van der Waals surface area contributed by atoms with Crippen LogP contribution in [0, 0.1) is 0 Å². The Hall–Kier alpha value is -2.45. The molecule has 0 aliphatic rings. The molecule has 0 spiro atoms. The summed E-state index contributed by atoms with van der Waals surface area (Å²) in [5, 5.41) is 3.24.